The van der Waals surface area contributed by atoms with Gasteiger partial charge in [0.05, 0.1) is 6.61 Å². The van der Waals surface area contributed by atoms with Gasteiger partial charge >= 0.3 is 5.97 Å². The molecule has 1 rings (SSSR count). The van der Waals surface area contributed by atoms with Gasteiger partial charge in [0.2, 0.25) is 5.91 Å². The number of rotatable bonds is 7. The van der Waals surface area contributed by atoms with Gasteiger partial charge in [0.15, 0.2) is 0 Å². The van der Waals surface area contributed by atoms with Crippen LogP contribution in [0.25, 0.3) is 0 Å². The molecule has 0 aliphatic carbocycles. The van der Waals surface area contributed by atoms with Crippen LogP contribution in [0.1, 0.15) is 58.3 Å². The van der Waals surface area contributed by atoms with Crippen LogP contribution in [0.4, 0.5) is 0 Å². The standard InChI is InChI=1S/C14H25NO3/c1-2-18-14(17)10-6-3-5-9-13(16)15-11-7-4-8-12-15/h2-12H2,1H3. The number of likely N-dealkylation sites (tertiary alicyclic amines) is 1. The van der Waals surface area contributed by atoms with Crippen molar-refractivity contribution in [3.63, 3.8) is 0 Å². The van der Waals surface area contributed by atoms with E-state index in [2.05, 4.69) is 0 Å². The Labute approximate surface area is 110 Å². The number of piperidine rings is 1. The van der Waals surface area contributed by atoms with Gasteiger partial charge in [-0.05, 0) is 39.0 Å². The molecule has 0 aromatic rings. The quantitative estimate of drug-likeness (QED) is 0.519. The molecule has 4 heteroatoms. The van der Waals surface area contributed by atoms with Crippen LogP contribution in [-0.2, 0) is 14.3 Å². The molecule has 0 atom stereocenters. The highest BCUT2D eigenvalue weighted by atomic mass is 16.5. The Kier molecular flexibility index (Phi) is 7.46. The summed E-state index contributed by atoms with van der Waals surface area (Å²) >= 11 is 0. The van der Waals surface area contributed by atoms with E-state index in [-0.39, 0.29) is 11.9 Å². The molecule has 0 unspecified atom stereocenters. The van der Waals surface area contributed by atoms with E-state index >= 15 is 0 Å². The van der Waals surface area contributed by atoms with Crippen LogP contribution in [0.15, 0.2) is 0 Å². The van der Waals surface area contributed by atoms with Crippen molar-refractivity contribution in [1.82, 2.24) is 4.90 Å². The summed E-state index contributed by atoms with van der Waals surface area (Å²) in [6.07, 6.45) is 7.29. The Morgan fingerprint density at radius 1 is 1.00 bits per heavy atom. The van der Waals surface area contributed by atoms with E-state index in [0.29, 0.717) is 19.4 Å². The fourth-order valence-corrected chi connectivity index (χ4v) is 2.26. The van der Waals surface area contributed by atoms with E-state index in [9.17, 15) is 9.59 Å². The molecule has 18 heavy (non-hydrogen) atoms. The molecule has 1 heterocycles. The molecule has 0 radical (unpaired) electrons. The molecule has 1 aliphatic heterocycles. The molecular weight excluding hydrogens is 230 g/mol. The van der Waals surface area contributed by atoms with Crippen molar-refractivity contribution >= 4 is 11.9 Å². The van der Waals surface area contributed by atoms with Crippen molar-refractivity contribution in [2.24, 2.45) is 0 Å². The highest BCUT2D eigenvalue weighted by Crippen LogP contribution is 2.12. The fourth-order valence-electron chi connectivity index (χ4n) is 2.26. The van der Waals surface area contributed by atoms with Crippen LogP contribution in [0.3, 0.4) is 0 Å². The van der Waals surface area contributed by atoms with E-state index < -0.39 is 0 Å². The molecule has 0 bridgehead atoms. The molecule has 104 valence electrons. The SMILES string of the molecule is CCOC(=O)CCCCCC(=O)N1CCCCC1. The van der Waals surface area contributed by atoms with Crippen molar-refractivity contribution in [2.45, 2.75) is 58.3 Å². The molecule has 0 N–H and O–H groups in total. The average molecular weight is 255 g/mol. The minimum atomic E-state index is -0.125. The summed E-state index contributed by atoms with van der Waals surface area (Å²) in [7, 11) is 0. The van der Waals surface area contributed by atoms with Gasteiger partial charge in [-0.2, -0.15) is 0 Å². The van der Waals surface area contributed by atoms with Gasteiger partial charge in [-0.3, -0.25) is 9.59 Å². The van der Waals surface area contributed by atoms with E-state index in [1.54, 1.807) is 0 Å². The van der Waals surface area contributed by atoms with E-state index in [1.165, 1.54) is 6.42 Å². The second-order valence-electron chi connectivity index (χ2n) is 4.81. The highest BCUT2D eigenvalue weighted by Gasteiger charge is 2.15. The van der Waals surface area contributed by atoms with Crippen LogP contribution < -0.4 is 0 Å². The first-order valence-corrected chi connectivity index (χ1v) is 7.17. The van der Waals surface area contributed by atoms with Gasteiger partial charge in [-0.15, -0.1) is 0 Å². The monoisotopic (exact) mass is 255 g/mol. The van der Waals surface area contributed by atoms with Crippen LogP contribution >= 0.6 is 0 Å². The zero-order chi connectivity index (χ0) is 13.2. The van der Waals surface area contributed by atoms with Crippen LogP contribution in [0.2, 0.25) is 0 Å². The molecule has 4 nitrogen and oxygen atoms in total. The number of nitrogens with zero attached hydrogens (tertiary/aromatic N) is 1. The van der Waals surface area contributed by atoms with Crippen LogP contribution in [0.5, 0.6) is 0 Å². The predicted octanol–water partition coefficient (Wildman–Crippen LogP) is 2.51. The molecule has 0 saturated carbocycles. The summed E-state index contributed by atoms with van der Waals surface area (Å²) in [4.78, 5) is 24.9. The van der Waals surface area contributed by atoms with Gasteiger partial charge in [0.25, 0.3) is 0 Å². The molecule has 1 amide bonds. The summed E-state index contributed by atoms with van der Waals surface area (Å²) in [5.74, 6) is 0.158. The van der Waals surface area contributed by atoms with Gasteiger partial charge < -0.3 is 9.64 Å². The summed E-state index contributed by atoms with van der Waals surface area (Å²) in [5, 5.41) is 0. The molecule has 1 saturated heterocycles. The van der Waals surface area contributed by atoms with Crippen molar-refractivity contribution < 1.29 is 14.3 Å². The first-order chi connectivity index (χ1) is 8.74. The lowest BCUT2D eigenvalue weighted by molar-refractivity contribution is -0.143. The van der Waals surface area contributed by atoms with E-state index in [4.69, 9.17) is 4.74 Å². The van der Waals surface area contributed by atoms with Crippen LogP contribution in [-0.4, -0.2) is 36.5 Å². The summed E-state index contributed by atoms with van der Waals surface area (Å²) in [6, 6.07) is 0. The third-order valence-corrected chi connectivity index (χ3v) is 3.29. The minimum Gasteiger partial charge on any atom is -0.466 e. The number of unbranched alkanes of at least 4 members (excludes halogenated alkanes) is 2. The molecule has 0 aromatic carbocycles. The Morgan fingerprint density at radius 2 is 1.67 bits per heavy atom. The van der Waals surface area contributed by atoms with Gasteiger partial charge in [-0.25, -0.2) is 0 Å². The minimum absolute atomic E-state index is 0.125. The van der Waals surface area contributed by atoms with Crippen molar-refractivity contribution in [1.29, 1.82) is 0 Å². The molecule has 0 aromatic heterocycles. The zero-order valence-corrected chi connectivity index (χ0v) is 11.5. The first kappa shape index (κ1) is 15.0. The normalized spacial score (nSPS) is 15.5. The number of ether oxygens (including phenoxy) is 1. The van der Waals surface area contributed by atoms with Gasteiger partial charge in [0.1, 0.15) is 0 Å². The smallest absolute Gasteiger partial charge is 0.305 e. The number of esters is 1. The number of carbonyl (C=O) groups excluding carboxylic acids is 2. The second kappa shape index (κ2) is 8.95. The maximum absolute atomic E-state index is 11.8. The summed E-state index contributed by atoms with van der Waals surface area (Å²) in [5.41, 5.74) is 0. The summed E-state index contributed by atoms with van der Waals surface area (Å²) < 4.78 is 4.85. The highest BCUT2D eigenvalue weighted by molar-refractivity contribution is 5.76. The van der Waals surface area contributed by atoms with Crippen LogP contribution in [0, 0.1) is 0 Å². The number of amides is 1. The molecule has 1 fully saturated rings. The third kappa shape index (κ3) is 6.03. The molecule has 1 aliphatic rings. The topological polar surface area (TPSA) is 46.6 Å². The number of carbonyl (C=O) groups is 2. The zero-order valence-electron chi connectivity index (χ0n) is 11.5. The third-order valence-electron chi connectivity index (χ3n) is 3.29. The van der Waals surface area contributed by atoms with Crippen molar-refractivity contribution in [3.8, 4) is 0 Å². The Bertz CT molecular complexity index is 260. The maximum Gasteiger partial charge on any atom is 0.305 e. The Balaban J connectivity index is 2.00. The molecule has 0 spiro atoms. The largest absolute Gasteiger partial charge is 0.466 e. The number of hydrogen-bond donors (Lipinski definition) is 0. The van der Waals surface area contributed by atoms with E-state index in [1.807, 2.05) is 11.8 Å². The fraction of sp³-hybridized carbons (Fsp3) is 0.857. The number of hydrogen-bond acceptors (Lipinski definition) is 3. The van der Waals surface area contributed by atoms with Gasteiger partial charge in [0, 0.05) is 25.9 Å². The predicted molar refractivity (Wildman–Crippen MR) is 70.1 cm³/mol. The summed E-state index contributed by atoms with van der Waals surface area (Å²) in [6.45, 7) is 4.13. The Hall–Kier alpha value is -1.06. The van der Waals surface area contributed by atoms with Crippen molar-refractivity contribution in [3.05, 3.63) is 0 Å². The lowest BCUT2D eigenvalue weighted by Crippen LogP contribution is -2.35. The first-order valence-electron chi connectivity index (χ1n) is 7.17. The average Bonchev–Trinajstić information content (AvgIpc) is 2.39. The van der Waals surface area contributed by atoms with E-state index in [0.717, 1.165) is 45.2 Å². The second-order valence-corrected chi connectivity index (χ2v) is 4.81. The Morgan fingerprint density at radius 3 is 2.33 bits per heavy atom. The molecular formula is C14H25NO3. The van der Waals surface area contributed by atoms with Gasteiger partial charge in [-0.1, -0.05) is 6.42 Å². The lowest BCUT2D eigenvalue weighted by atomic mass is 10.1. The maximum atomic E-state index is 11.8. The van der Waals surface area contributed by atoms with Crippen molar-refractivity contribution in [2.75, 3.05) is 19.7 Å². The lowest BCUT2D eigenvalue weighted by Gasteiger charge is -2.26.